The lowest BCUT2D eigenvalue weighted by Crippen LogP contribution is -2.41. The van der Waals surface area contributed by atoms with Crippen molar-refractivity contribution in [2.75, 3.05) is 26.2 Å². The number of likely N-dealkylation sites (tertiary alicyclic amines) is 1. The van der Waals surface area contributed by atoms with Gasteiger partial charge in [0.05, 0.1) is 23.7 Å². The Hall–Kier alpha value is -3.23. The lowest BCUT2D eigenvalue weighted by molar-refractivity contribution is -0.137. The number of amidine groups is 1. The van der Waals surface area contributed by atoms with E-state index in [0.29, 0.717) is 37.6 Å². The van der Waals surface area contributed by atoms with Crippen molar-refractivity contribution in [1.29, 1.82) is 0 Å². The van der Waals surface area contributed by atoms with Crippen molar-refractivity contribution in [1.82, 2.24) is 10.2 Å². The zero-order valence-electron chi connectivity index (χ0n) is 19.4. The van der Waals surface area contributed by atoms with Gasteiger partial charge < -0.3 is 19.7 Å². The summed E-state index contributed by atoms with van der Waals surface area (Å²) in [4.78, 5) is 19.0. The normalized spacial score (nSPS) is 18.5. The first-order valence-corrected chi connectivity index (χ1v) is 11.2. The second-order valence-corrected chi connectivity index (χ2v) is 9.42. The minimum absolute atomic E-state index is 0.0803. The molecule has 4 rings (SSSR count). The van der Waals surface area contributed by atoms with Crippen LogP contribution in [0.15, 0.2) is 47.5 Å². The van der Waals surface area contributed by atoms with E-state index in [1.54, 1.807) is 0 Å². The molecule has 0 aromatic heterocycles. The second kappa shape index (κ2) is 9.19. The van der Waals surface area contributed by atoms with E-state index in [4.69, 9.17) is 14.5 Å². The van der Waals surface area contributed by atoms with E-state index >= 15 is 0 Å². The minimum Gasteiger partial charge on any atom is -0.491 e. The number of nitrogens with one attached hydrogen (secondary N) is 1. The Balaban J connectivity index is 1.54. The van der Waals surface area contributed by atoms with Gasteiger partial charge in [0.25, 0.3) is 0 Å². The molecule has 0 bridgehead atoms. The number of amides is 1. The van der Waals surface area contributed by atoms with Crippen LogP contribution in [-0.4, -0.2) is 54.7 Å². The summed E-state index contributed by atoms with van der Waals surface area (Å²) < 4.78 is 50.0. The second-order valence-electron chi connectivity index (χ2n) is 9.42. The third-order valence-electron chi connectivity index (χ3n) is 5.59. The molecular weight excluding hydrogens is 447 g/mol. The van der Waals surface area contributed by atoms with E-state index in [1.165, 1.54) is 12.1 Å². The van der Waals surface area contributed by atoms with Gasteiger partial charge in [-0.2, -0.15) is 13.2 Å². The van der Waals surface area contributed by atoms with Crippen LogP contribution in [0.4, 0.5) is 18.0 Å². The highest BCUT2D eigenvalue weighted by molar-refractivity contribution is 6.02. The van der Waals surface area contributed by atoms with Gasteiger partial charge in [0.2, 0.25) is 0 Å². The number of carbonyl (C=O) groups is 1. The van der Waals surface area contributed by atoms with Gasteiger partial charge in [-0.05, 0) is 62.6 Å². The van der Waals surface area contributed by atoms with Gasteiger partial charge in [0.1, 0.15) is 23.8 Å². The van der Waals surface area contributed by atoms with E-state index in [9.17, 15) is 18.0 Å². The first kappa shape index (κ1) is 23.9. The summed E-state index contributed by atoms with van der Waals surface area (Å²) in [5.41, 5.74) is 0.974. The van der Waals surface area contributed by atoms with Gasteiger partial charge in [0, 0.05) is 13.1 Å². The summed E-state index contributed by atoms with van der Waals surface area (Å²) in [6.45, 7) is 7.64. The van der Waals surface area contributed by atoms with Gasteiger partial charge >= 0.3 is 12.3 Å². The quantitative estimate of drug-likeness (QED) is 0.656. The maximum atomic E-state index is 12.9. The molecule has 0 spiro atoms. The first-order valence-electron chi connectivity index (χ1n) is 11.2. The van der Waals surface area contributed by atoms with Crippen molar-refractivity contribution < 1.29 is 27.4 Å². The first-order chi connectivity index (χ1) is 16.0. The molecule has 2 aliphatic rings. The SMILES string of the molecule is CC(C)(C)OC(=O)NC1CCN(C2=NCCOc3ccc(-c4ccc(C(F)(F)F)cc4)cc32)C1. The van der Waals surface area contributed by atoms with Gasteiger partial charge in [0.15, 0.2) is 0 Å². The molecule has 6 nitrogen and oxygen atoms in total. The van der Waals surface area contributed by atoms with Gasteiger partial charge in [-0.15, -0.1) is 0 Å². The van der Waals surface area contributed by atoms with Crippen LogP contribution >= 0.6 is 0 Å². The topological polar surface area (TPSA) is 63.2 Å². The highest BCUT2D eigenvalue weighted by Crippen LogP contribution is 2.33. The van der Waals surface area contributed by atoms with Gasteiger partial charge in [-0.3, -0.25) is 4.99 Å². The number of hydrogen-bond acceptors (Lipinski definition) is 5. The summed E-state index contributed by atoms with van der Waals surface area (Å²) in [5, 5.41) is 2.92. The molecule has 2 aliphatic heterocycles. The van der Waals surface area contributed by atoms with Crippen molar-refractivity contribution in [3.05, 3.63) is 53.6 Å². The van der Waals surface area contributed by atoms with Gasteiger partial charge in [-0.25, -0.2) is 4.79 Å². The molecule has 1 atom stereocenters. The van der Waals surface area contributed by atoms with Crippen molar-refractivity contribution in [3.8, 4) is 16.9 Å². The zero-order valence-corrected chi connectivity index (χ0v) is 19.4. The summed E-state index contributed by atoms with van der Waals surface area (Å²) in [6.07, 6.45) is -4.08. The summed E-state index contributed by atoms with van der Waals surface area (Å²) >= 11 is 0. The average Bonchev–Trinajstić information content (AvgIpc) is 3.09. The summed E-state index contributed by atoms with van der Waals surface area (Å²) in [6, 6.07) is 10.6. The number of carbonyl (C=O) groups excluding carboxylic acids is 1. The predicted molar refractivity (Wildman–Crippen MR) is 123 cm³/mol. The van der Waals surface area contributed by atoms with Crippen molar-refractivity contribution in [2.45, 2.75) is 45.0 Å². The predicted octanol–water partition coefficient (Wildman–Crippen LogP) is 5.11. The smallest absolute Gasteiger partial charge is 0.416 e. The molecule has 0 aliphatic carbocycles. The zero-order chi connectivity index (χ0) is 24.5. The molecule has 0 saturated carbocycles. The Morgan fingerprint density at radius 2 is 1.82 bits per heavy atom. The summed E-state index contributed by atoms with van der Waals surface area (Å²) in [7, 11) is 0. The fourth-order valence-electron chi connectivity index (χ4n) is 4.07. The van der Waals surface area contributed by atoms with E-state index in [2.05, 4.69) is 10.2 Å². The number of benzene rings is 2. The van der Waals surface area contributed by atoms with Crippen molar-refractivity contribution in [3.63, 3.8) is 0 Å². The maximum absolute atomic E-state index is 12.9. The third-order valence-corrected chi connectivity index (χ3v) is 5.59. The lowest BCUT2D eigenvalue weighted by atomic mass is 10.00. The van der Waals surface area contributed by atoms with E-state index in [0.717, 1.165) is 35.5 Å². The molecule has 0 radical (unpaired) electrons. The number of fused-ring (bicyclic) bond motifs is 1. The van der Waals surface area contributed by atoms with Crippen LogP contribution in [0.5, 0.6) is 5.75 Å². The number of hydrogen-bond donors (Lipinski definition) is 1. The molecule has 1 amide bonds. The van der Waals surface area contributed by atoms with Gasteiger partial charge in [-0.1, -0.05) is 18.2 Å². The molecular formula is C25H28F3N3O3. The largest absolute Gasteiger partial charge is 0.491 e. The fourth-order valence-corrected chi connectivity index (χ4v) is 4.07. The highest BCUT2D eigenvalue weighted by Gasteiger charge is 2.31. The number of alkyl carbamates (subject to hydrolysis) is 1. The lowest BCUT2D eigenvalue weighted by Gasteiger charge is -2.23. The van der Waals surface area contributed by atoms with Crippen LogP contribution in [0.1, 0.15) is 38.3 Å². The van der Waals surface area contributed by atoms with Crippen molar-refractivity contribution >= 4 is 11.9 Å². The standard InChI is InChI=1S/C25H28F3N3O3/c1-24(2,3)34-23(32)30-19-10-12-31(15-19)22-20-14-17(6-9-21(20)33-13-11-29-22)16-4-7-18(8-5-16)25(26,27)28/h4-9,14,19H,10-13,15H2,1-3H3,(H,30,32). The Labute approximate surface area is 196 Å². The Bertz CT molecular complexity index is 1080. The van der Waals surface area contributed by atoms with E-state index in [1.807, 2.05) is 39.0 Å². The van der Waals surface area contributed by atoms with E-state index < -0.39 is 23.4 Å². The molecule has 1 fully saturated rings. The molecule has 9 heteroatoms. The number of halogens is 3. The monoisotopic (exact) mass is 475 g/mol. The molecule has 2 aromatic carbocycles. The maximum Gasteiger partial charge on any atom is 0.416 e. The number of nitrogens with zero attached hydrogens (tertiary/aromatic N) is 2. The molecule has 34 heavy (non-hydrogen) atoms. The highest BCUT2D eigenvalue weighted by atomic mass is 19.4. The van der Waals surface area contributed by atoms with E-state index in [-0.39, 0.29) is 6.04 Å². The van der Waals surface area contributed by atoms with Crippen LogP contribution in [0.2, 0.25) is 0 Å². The minimum atomic E-state index is -4.38. The number of aliphatic imine (C=N–C) groups is 1. The van der Waals surface area contributed by atoms with Crippen LogP contribution in [0.3, 0.4) is 0 Å². The molecule has 1 N–H and O–H groups in total. The third kappa shape index (κ3) is 5.63. The Morgan fingerprint density at radius 1 is 1.12 bits per heavy atom. The number of alkyl halides is 3. The fraction of sp³-hybridized carbons (Fsp3) is 0.440. The number of rotatable bonds is 2. The Morgan fingerprint density at radius 3 is 2.50 bits per heavy atom. The molecule has 2 aromatic rings. The van der Waals surface area contributed by atoms with Crippen LogP contribution in [0.25, 0.3) is 11.1 Å². The van der Waals surface area contributed by atoms with Crippen molar-refractivity contribution in [2.24, 2.45) is 4.99 Å². The number of ether oxygens (including phenoxy) is 2. The molecule has 1 saturated heterocycles. The molecule has 182 valence electrons. The molecule has 2 heterocycles. The Kier molecular flexibility index (Phi) is 6.47. The van der Waals surface area contributed by atoms with Crippen LogP contribution in [-0.2, 0) is 10.9 Å². The van der Waals surface area contributed by atoms with Crippen LogP contribution < -0.4 is 10.1 Å². The molecule has 1 unspecified atom stereocenters. The average molecular weight is 476 g/mol. The van der Waals surface area contributed by atoms with Crippen LogP contribution in [0, 0.1) is 0 Å². The summed E-state index contributed by atoms with van der Waals surface area (Å²) in [5.74, 6) is 1.44.